The predicted octanol–water partition coefficient (Wildman–Crippen LogP) is 4.22. The van der Waals surface area contributed by atoms with E-state index in [4.69, 9.17) is 18.9 Å². The molecular weight excluding hydrogens is 392 g/mol. The van der Waals surface area contributed by atoms with Crippen LogP contribution in [0.4, 0.5) is 0 Å². The monoisotopic (exact) mass is 414 g/mol. The lowest BCUT2D eigenvalue weighted by molar-refractivity contribution is -0.0402. The molecule has 1 unspecified atom stereocenters. The fraction of sp³-hybridized carbons (Fsp3) is 0.333. The molecule has 152 valence electrons. The van der Waals surface area contributed by atoms with Crippen molar-refractivity contribution in [3.8, 4) is 28.4 Å². The fourth-order valence-corrected chi connectivity index (χ4v) is 4.10. The lowest BCUT2D eigenvalue weighted by Gasteiger charge is -2.17. The van der Waals surface area contributed by atoms with Crippen LogP contribution in [0.25, 0.3) is 16.9 Å². The normalized spacial score (nSPS) is 16.0. The largest absolute Gasteiger partial charge is 0.493 e. The highest BCUT2D eigenvalue weighted by molar-refractivity contribution is 7.12. The Bertz CT molecular complexity index is 1020. The van der Waals surface area contributed by atoms with Crippen LogP contribution in [0, 0.1) is 6.92 Å². The average molecular weight is 414 g/mol. The van der Waals surface area contributed by atoms with Crippen LogP contribution < -0.4 is 9.47 Å². The smallest absolute Gasteiger partial charge is 0.350 e. The molecule has 4 rings (SSSR count). The third-order valence-electron chi connectivity index (χ3n) is 4.68. The summed E-state index contributed by atoms with van der Waals surface area (Å²) in [7, 11) is 2.99. The average Bonchev–Trinajstić information content (AvgIpc) is 3.47. The molecule has 0 spiro atoms. The molecule has 1 aliphatic rings. The summed E-state index contributed by atoms with van der Waals surface area (Å²) < 4.78 is 23.8. The Hall–Kier alpha value is -2.84. The number of ether oxygens (including phenoxy) is 4. The van der Waals surface area contributed by atoms with Crippen molar-refractivity contribution < 1.29 is 23.7 Å². The quantitative estimate of drug-likeness (QED) is 0.563. The highest BCUT2D eigenvalue weighted by atomic mass is 32.1. The number of carbonyl (C=O) groups excluding carboxylic acids is 1. The second kappa shape index (κ2) is 8.26. The van der Waals surface area contributed by atoms with Crippen LogP contribution in [0.15, 0.2) is 35.7 Å². The molecular formula is C21H22N2O5S. The number of aromatic nitrogens is 2. The standard InChI is InChI=1S/C21H22N2O5S/c1-13-11-16(23(22-13)15-8-10-29-20(15)21(24)26-3)14-6-7-17(25-2)18(12-14)28-19-5-4-9-27-19/h6-8,10-12,19H,4-5,9H2,1-3H3. The SMILES string of the molecule is COC(=O)c1sccc1-n1nc(C)cc1-c1ccc(OC)c(OC2CCCO2)c1. The van der Waals surface area contributed by atoms with Gasteiger partial charge in [0.15, 0.2) is 17.8 Å². The summed E-state index contributed by atoms with van der Waals surface area (Å²) in [5.74, 6) is 0.866. The zero-order chi connectivity index (χ0) is 20.4. The van der Waals surface area contributed by atoms with Gasteiger partial charge in [0.1, 0.15) is 4.88 Å². The van der Waals surface area contributed by atoms with Crippen molar-refractivity contribution >= 4 is 17.3 Å². The molecule has 3 heterocycles. The van der Waals surface area contributed by atoms with Crippen LogP contribution in [0.1, 0.15) is 28.2 Å². The zero-order valence-electron chi connectivity index (χ0n) is 16.5. The topological polar surface area (TPSA) is 71.8 Å². The Morgan fingerprint density at radius 3 is 2.83 bits per heavy atom. The van der Waals surface area contributed by atoms with Crippen molar-refractivity contribution in [2.45, 2.75) is 26.1 Å². The van der Waals surface area contributed by atoms with Gasteiger partial charge in [-0.2, -0.15) is 5.10 Å². The maximum absolute atomic E-state index is 12.2. The number of hydrogen-bond donors (Lipinski definition) is 0. The van der Waals surface area contributed by atoms with E-state index in [1.165, 1.54) is 18.4 Å². The Balaban J connectivity index is 1.76. The van der Waals surface area contributed by atoms with E-state index in [0.29, 0.717) is 28.7 Å². The van der Waals surface area contributed by atoms with Crippen LogP contribution in [0.2, 0.25) is 0 Å². The van der Waals surface area contributed by atoms with Crippen LogP contribution in [0.5, 0.6) is 11.5 Å². The van der Waals surface area contributed by atoms with Crippen molar-refractivity contribution in [3.63, 3.8) is 0 Å². The van der Waals surface area contributed by atoms with Gasteiger partial charge in [0.25, 0.3) is 0 Å². The van der Waals surface area contributed by atoms with Crippen LogP contribution in [0.3, 0.4) is 0 Å². The second-order valence-corrected chi connectivity index (χ2v) is 7.55. The molecule has 0 N–H and O–H groups in total. The first-order valence-corrected chi connectivity index (χ1v) is 10.2. The molecule has 1 aliphatic heterocycles. The lowest BCUT2D eigenvalue weighted by Crippen LogP contribution is -2.14. The molecule has 0 saturated carbocycles. The minimum atomic E-state index is -0.383. The second-order valence-electron chi connectivity index (χ2n) is 6.64. The van der Waals surface area contributed by atoms with E-state index >= 15 is 0 Å². The van der Waals surface area contributed by atoms with E-state index in [9.17, 15) is 4.79 Å². The summed E-state index contributed by atoms with van der Waals surface area (Å²) in [5, 5.41) is 6.45. The number of hydrogen-bond acceptors (Lipinski definition) is 7. The van der Waals surface area contributed by atoms with Gasteiger partial charge in [0, 0.05) is 12.0 Å². The van der Waals surface area contributed by atoms with Gasteiger partial charge in [-0.05, 0) is 49.1 Å². The Kier molecular flexibility index (Phi) is 5.55. The molecule has 29 heavy (non-hydrogen) atoms. The van der Waals surface area contributed by atoms with Gasteiger partial charge in [0.2, 0.25) is 0 Å². The van der Waals surface area contributed by atoms with Crippen LogP contribution in [-0.2, 0) is 9.47 Å². The molecule has 1 fully saturated rings. The third kappa shape index (κ3) is 3.86. The van der Waals surface area contributed by atoms with E-state index in [1.54, 1.807) is 11.8 Å². The van der Waals surface area contributed by atoms with Gasteiger partial charge in [-0.25, -0.2) is 9.48 Å². The highest BCUT2D eigenvalue weighted by Gasteiger charge is 2.22. The lowest BCUT2D eigenvalue weighted by atomic mass is 10.1. The van der Waals surface area contributed by atoms with E-state index in [0.717, 1.165) is 29.8 Å². The number of carbonyl (C=O) groups is 1. The first-order valence-electron chi connectivity index (χ1n) is 9.30. The first-order chi connectivity index (χ1) is 14.1. The van der Waals surface area contributed by atoms with Crippen LogP contribution in [-0.4, -0.2) is 42.9 Å². The van der Waals surface area contributed by atoms with Gasteiger partial charge in [-0.15, -0.1) is 11.3 Å². The van der Waals surface area contributed by atoms with Crippen molar-refractivity contribution in [2.24, 2.45) is 0 Å². The van der Waals surface area contributed by atoms with Gasteiger partial charge < -0.3 is 18.9 Å². The molecule has 8 heteroatoms. The number of esters is 1. The van der Waals surface area contributed by atoms with Crippen molar-refractivity contribution in [1.29, 1.82) is 0 Å². The molecule has 3 aromatic rings. The molecule has 7 nitrogen and oxygen atoms in total. The van der Waals surface area contributed by atoms with E-state index in [1.807, 2.05) is 42.6 Å². The molecule has 0 bridgehead atoms. The van der Waals surface area contributed by atoms with Crippen molar-refractivity contribution in [3.05, 3.63) is 46.3 Å². The van der Waals surface area contributed by atoms with E-state index in [-0.39, 0.29) is 12.3 Å². The molecule has 1 aromatic carbocycles. The predicted molar refractivity (Wildman–Crippen MR) is 109 cm³/mol. The third-order valence-corrected chi connectivity index (χ3v) is 5.56. The summed E-state index contributed by atoms with van der Waals surface area (Å²) in [5.41, 5.74) is 3.24. The van der Waals surface area contributed by atoms with Gasteiger partial charge >= 0.3 is 5.97 Å². The Morgan fingerprint density at radius 1 is 1.24 bits per heavy atom. The highest BCUT2D eigenvalue weighted by Crippen LogP contribution is 2.36. The van der Waals surface area contributed by atoms with Crippen molar-refractivity contribution in [2.75, 3.05) is 20.8 Å². The van der Waals surface area contributed by atoms with Gasteiger partial charge in [-0.3, -0.25) is 0 Å². The summed E-state index contributed by atoms with van der Waals surface area (Å²) in [6, 6.07) is 9.55. The molecule has 1 saturated heterocycles. The minimum Gasteiger partial charge on any atom is -0.493 e. The summed E-state index contributed by atoms with van der Waals surface area (Å²) >= 11 is 1.32. The van der Waals surface area contributed by atoms with Gasteiger partial charge in [-0.1, -0.05) is 0 Å². The summed E-state index contributed by atoms with van der Waals surface area (Å²) in [4.78, 5) is 12.7. The molecule has 2 aromatic heterocycles. The number of aryl methyl sites for hydroxylation is 1. The number of rotatable bonds is 6. The molecule has 0 amide bonds. The Labute approximate surface area is 172 Å². The number of thiophene rings is 1. The van der Waals surface area contributed by atoms with E-state index in [2.05, 4.69) is 5.10 Å². The summed E-state index contributed by atoms with van der Waals surface area (Å²) in [6.45, 7) is 2.62. The maximum atomic E-state index is 12.2. The number of nitrogens with zero attached hydrogens (tertiary/aromatic N) is 2. The van der Waals surface area contributed by atoms with Crippen LogP contribution >= 0.6 is 11.3 Å². The van der Waals surface area contributed by atoms with Gasteiger partial charge in [0.05, 0.1) is 37.9 Å². The van der Waals surface area contributed by atoms with Crippen molar-refractivity contribution in [1.82, 2.24) is 9.78 Å². The zero-order valence-corrected chi connectivity index (χ0v) is 17.3. The molecule has 1 atom stereocenters. The van der Waals surface area contributed by atoms with E-state index < -0.39 is 0 Å². The number of methoxy groups -OCH3 is 2. The number of benzene rings is 1. The maximum Gasteiger partial charge on any atom is 0.350 e. The minimum absolute atomic E-state index is 0.270. The summed E-state index contributed by atoms with van der Waals surface area (Å²) in [6.07, 6.45) is 1.56. The fourth-order valence-electron chi connectivity index (χ4n) is 3.31. The Morgan fingerprint density at radius 2 is 2.10 bits per heavy atom. The molecule has 0 radical (unpaired) electrons. The first kappa shape index (κ1) is 19.5. The molecule has 0 aliphatic carbocycles.